The van der Waals surface area contributed by atoms with Crippen molar-refractivity contribution in [3.63, 3.8) is 0 Å². The predicted octanol–water partition coefficient (Wildman–Crippen LogP) is 5.21. The Hall–Kier alpha value is -1.98. The maximum Gasteiger partial charge on any atom is 0.125 e. The van der Waals surface area contributed by atoms with E-state index in [1.807, 2.05) is 49.4 Å². The van der Waals surface area contributed by atoms with Crippen molar-refractivity contribution in [2.45, 2.75) is 6.92 Å². The molecule has 0 unspecified atom stereocenters. The first kappa shape index (κ1) is 14.9. The third-order valence-electron chi connectivity index (χ3n) is 3.27. The summed E-state index contributed by atoms with van der Waals surface area (Å²) in [6.07, 6.45) is 1.60. The summed E-state index contributed by atoms with van der Waals surface area (Å²) in [7, 11) is 0. The van der Waals surface area contributed by atoms with Crippen LogP contribution in [-0.2, 0) is 0 Å². The molecule has 0 fully saturated rings. The van der Waals surface area contributed by atoms with Gasteiger partial charge in [0.2, 0.25) is 0 Å². The maximum absolute atomic E-state index is 10.1. The van der Waals surface area contributed by atoms with E-state index in [9.17, 15) is 5.11 Å². The monoisotopic (exact) mass is 372 g/mol. The standard InChI is InChI=1S/C17H13BrN2OS/c1-11(16-8-9-17(18)22-16)20-19-10-14-13-5-3-2-4-12(13)6-7-15(14)21/h2-10,21H,1H3/b19-10-,20-11-. The fourth-order valence-electron chi connectivity index (χ4n) is 2.15. The molecule has 0 amide bonds. The number of hydrogen-bond acceptors (Lipinski definition) is 4. The minimum atomic E-state index is 0.203. The lowest BCUT2D eigenvalue weighted by molar-refractivity contribution is 0.475. The Balaban J connectivity index is 1.94. The molecule has 3 nitrogen and oxygen atoms in total. The first-order valence-corrected chi connectivity index (χ1v) is 8.30. The van der Waals surface area contributed by atoms with Gasteiger partial charge in [0.1, 0.15) is 5.75 Å². The lowest BCUT2D eigenvalue weighted by Gasteiger charge is -2.03. The summed E-state index contributed by atoms with van der Waals surface area (Å²) in [5, 5.41) is 20.4. The fraction of sp³-hybridized carbons (Fsp3) is 0.0588. The zero-order chi connectivity index (χ0) is 15.5. The molecule has 22 heavy (non-hydrogen) atoms. The molecular weight excluding hydrogens is 360 g/mol. The first-order chi connectivity index (χ1) is 10.6. The molecule has 0 saturated heterocycles. The van der Waals surface area contributed by atoms with Gasteiger partial charge in [-0.15, -0.1) is 11.3 Å². The molecule has 0 aliphatic heterocycles. The molecular formula is C17H13BrN2OS. The Morgan fingerprint density at radius 1 is 1.14 bits per heavy atom. The summed E-state index contributed by atoms with van der Waals surface area (Å²) in [5.41, 5.74) is 1.52. The second-order valence-electron chi connectivity index (χ2n) is 4.75. The highest BCUT2D eigenvalue weighted by Crippen LogP contribution is 2.26. The van der Waals surface area contributed by atoms with Crippen LogP contribution in [0.5, 0.6) is 5.75 Å². The molecule has 2 aromatic carbocycles. The van der Waals surface area contributed by atoms with Gasteiger partial charge in [0.25, 0.3) is 0 Å². The van der Waals surface area contributed by atoms with Crippen LogP contribution in [-0.4, -0.2) is 17.0 Å². The van der Waals surface area contributed by atoms with Crippen LogP contribution in [0, 0.1) is 0 Å². The lowest BCUT2D eigenvalue weighted by Crippen LogP contribution is -1.89. The minimum Gasteiger partial charge on any atom is -0.507 e. The van der Waals surface area contributed by atoms with E-state index in [0.717, 1.165) is 25.1 Å². The van der Waals surface area contributed by atoms with Crippen molar-refractivity contribution >= 4 is 50.0 Å². The first-order valence-electron chi connectivity index (χ1n) is 6.69. The number of phenols is 1. The molecule has 1 heterocycles. The molecule has 5 heteroatoms. The van der Waals surface area contributed by atoms with E-state index >= 15 is 0 Å². The van der Waals surface area contributed by atoms with Gasteiger partial charge in [0.05, 0.1) is 20.6 Å². The van der Waals surface area contributed by atoms with E-state index in [1.165, 1.54) is 0 Å². The van der Waals surface area contributed by atoms with Crippen LogP contribution < -0.4 is 0 Å². The van der Waals surface area contributed by atoms with E-state index in [1.54, 1.807) is 23.6 Å². The van der Waals surface area contributed by atoms with Gasteiger partial charge in [-0.2, -0.15) is 10.2 Å². The third kappa shape index (κ3) is 3.10. The summed E-state index contributed by atoms with van der Waals surface area (Å²) >= 11 is 5.04. The van der Waals surface area contributed by atoms with Crippen molar-refractivity contribution in [1.29, 1.82) is 0 Å². The molecule has 0 atom stereocenters. The van der Waals surface area contributed by atoms with Crippen molar-refractivity contribution in [2.24, 2.45) is 10.2 Å². The van der Waals surface area contributed by atoms with Gasteiger partial charge in [-0.3, -0.25) is 0 Å². The van der Waals surface area contributed by atoms with Gasteiger partial charge in [0.15, 0.2) is 0 Å². The number of hydrogen-bond donors (Lipinski definition) is 1. The third-order valence-corrected chi connectivity index (χ3v) is 5.00. The number of benzene rings is 2. The van der Waals surface area contributed by atoms with Crippen molar-refractivity contribution < 1.29 is 5.11 Å². The highest BCUT2D eigenvalue weighted by atomic mass is 79.9. The van der Waals surface area contributed by atoms with Crippen LogP contribution in [0.4, 0.5) is 0 Å². The van der Waals surface area contributed by atoms with Crippen LogP contribution in [0.15, 0.2) is 62.5 Å². The Morgan fingerprint density at radius 2 is 1.95 bits per heavy atom. The predicted molar refractivity (Wildman–Crippen MR) is 97.4 cm³/mol. The zero-order valence-electron chi connectivity index (χ0n) is 11.8. The van der Waals surface area contributed by atoms with Crippen LogP contribution >= 0.6 is 27.3 Å². The number of aromatic hydroxyl groups is 1. The highest BCUT2D eigenvalue weighted by Gasteiger charge is 2.04. The molecule has 3 aromatic rings. The van der Waals surface area contributed by atoms with Crippen molar-refractivity contribution in [2.75, 3.05) is 0 Å². The van der Waals surface area contributed by atoms with E-state index < -0.39 is 0 Å². The molecule has 1 aromatic heterocycles. The van der Waals surface area contributed by atoms with Gasteiger partial charge in [0, 0.05) is 5.56 Å². The van der Waals surface area contributed by atoms with E-state index in [-0.39, 0.29) is 5.75 Å². The Bertz CT molecular complexity index is 883. The SMILES string of the molecule is C/C(=N/N=C\c1c(O)ccc2ccccc12)c1ccc(Br)s1. The molecule has 0 spiro atoms. The van der Waals surface area contributed by atoms with Gasteiger partial charge in [-0.1, -0.05) is 30.3 Å². The van der Waals surface area contributed by atoms with Crippen LogP contribution in [0.1, 0.15) is 17.4 Å². The van der Waals surface area contributed by atoms with E-state index in [2.05, 4.69) is 26.1 Å². The van der Waals surface area contributed by atoms with Crippen LogP contribution in [0.3, 0.4) is 0 Å². The Kier molecular flexibility index (Phi) is 4.36. The van der Waals surface area contributed by atoms with Gasteiger partial charge >= 0.3 is 0 Å². The van der Waals surface area contributed by atoms with Crippen LogP contribution in [0.2, 0.25) is 0 Å². The van der Waals surface area contributed by atoms with Gasteiger partial charge in [-0.05, 0) is 51.8 Å². The molecule has 0 aliphatic carbocycles. The zero-order valence-corrected chi connectivity index (χ0v) is 14.2. The summed E-state index contributed by atoms with van der Waals surface area (Å²) in [4.78, 5) is 1.06. The average molecular weight is 373 g/mol. The number of rotatable bonds is 3. The molecule has 0 aliphatic rings. The second kappa shape index (κ2) is 6.42. The average Bonchev–Trinajstić information content (AvgIpc) is 2.96. The number of fused-ring (bicyclic) bond motifs is 1. The Labute approximate surface area is 140 Å². The molecule has 110 valence electrons. The molecule has 0 radical (unpaired) electrons. The maximum atomic E-state index is 10.1. The quantitative estimate of drug-likeness (QED) is 0.497. The fourth-order valence-corrected chi connectivity index (χ4v) is 3.48. The topological polar surface area (TPSA) is 45.0 Å². The number of nitrogens with zero attached hydrogens (tertiary/aromatic N) is 2. The van der Waals surface area contributed by atoms with Gasteiger partial charge in [-0.25, -0.2) is 0 Å². The Morgan fingerprint density at radius 3 is 2.73 bits per heavy atom. The van der Waals surface area contributed by atoms with E-state index in [4.69, 9.17) is 0 Å². The number of phenolic OH excluding ortho intramolecular Hbond substituents is 1. The molecule has 0 saturated carbocycles. The van der Waals surface area contributed by atoms with Gasteiger partial charge < -0.3 is 5.11 Å². The lowest BCUT2D eigenvalue weighted by atomic mass is 10.0. The smallest absolute Gasteiger partial charge is 0.125 e. The van der Waals surface area contributed by atoms with Crippen molar-refractivity contribution in [3.8, 4) is 5.75 Å². The summed E-state index contributed by atoms with van der Waals surface area (Å²) in [5.74, 6) is 0.203. The largest absolute Gasteiger partial charge is 0.507 e. The summed E-state index contributed by atoms with van der Waals surface area (Å²) in [6, 6.07) is 15.4. The van der Waals surface area contributed by atoms with Crippen molar-refractivity contribution in [1.82, 2.24) is 0 Å². The van der Waals surface area contributed by atoms with Crippen molar-refractivity contribution in [3.05, 3.63) is 62.8 Å². The van der Waals surface area contributed by atoms with Crippen LogP contribution in [0.25, 0.3) is 10.8 Å². The number of thiophene rings is 1. The summed E-state index contributed by atoms with van der Waals surface area (Å²) in [6.45, 7) is 1.92. The second-order valence-corrected chi connectivity index (χ2v) is 7.22. The molecule has 1 N–H and O–H groups in total. The summed E-state index contributed by atoms with van der Waals surface area (Å²) < 4.78 is 1.06. The molecule has 0 bridgehead atoms. The van der Waals surface area contributed by atoms with E-state index in [0.29, 0.717) is 5.56 Å². The number of halogens is 1. The minimum absolute atomic E-state index is 0.203. The normalized spacial score (nSPS) is 12.4. The molecule has 3 rings (SSSR count). The highest BCUT2D eigenvalue weighted by molar-refractivity contribution is 9.11.